The molecule has 0 aliphatic rings. The number of nitrogens with zero attached hydrogens (tertiary/aromatic N) is 1. The van der Waals surface area contributed by atoms with E-state index < -0.39 is 0 Å². The minimum atomic E-state index is 0.163. The third-order valence-corrected chi connectivity index (χ3v) is 3.80. The van der Waals surface area contributed by atoms with Gasteiger partial charge in [0.2, 0.25) is 0 Å². The van der Waals surface area contributed by atoms with E-state index in [0.717, 1.165) is 6.42 Å². The van der Waals surface area contributed by atoms with Gasteiger partial charge in [-0.2, -0.15) is 0 Å². The fraction of sp³-hybridized carbons (Fsp3) is 0.571. The Morgan fingerprint density at radius 1 is 1.31 bits per heavy atom. The fourth-order valence-corrected chi connectivity index (χ4v) is 1.93. The lowest BCUT2D eigenvalue weighted by atomic mass is 9.97. The number of hydrogen-bond acceptors (Lipinski definition) is 1. The van der Waals surface area contributed by atoms with Crippen LogP contribution in [-0.4, -0.2) is 12.6 Å². The molecule has 0 N–H and O–H groups in total. The number of benzene rings is 1. The molecule has 0 aliphatic heterocycles. The van der Waals surface area contributed by atoms with Crippen molar-refractivity contribution in [3.63, 3.8) is 0 Å². The standard InChI is InChI=1S/C14H22ClN/c1-6-14(3,4)16(5)13-8-7-11(2)9-12(13)10-15/h7-9H,6,10H2,1-5H3. The molecule has 2 heteroatoms. The summed E-state index contributed by atoms with van der Waals surface area (Å²) in [6.45, 7) is 8.82. The van der Waals surface area contributed by atoms with Gasteiger partial charge in [-0.1, -0.05) is 24.6 Å². The Morgan fingerprint density at radius 3 is 2.44 bits per heavy atom. The molecule has 0 saturated carbocycles. The van der Waals surface area contributed by atoms with Crippen LogP contribution in [0, 0.1) is 6.92 Å². The van der Waals surface area contributed by atoms with E-state index in [-0.39, 0.29) is 5.54 Å². The minimum absolute atomic E-state index is 0.163. The van der Waals surface area contributed by atoms with Gasteiger partial charge in [-0.3, -0.25) is 0 Å². The third kappa shape index (κ3) is 2.70. The first-order chi connectivity index (χ1) is 7.42. The third-order valence-electron chi connectivity index (χ3n) is 3.51. The summed E-state index contributed by atoms with van der Waals surface area (Å²) in [5.74, 6) is 0.571. The molecule has 0 unspecified atom stereocenters. The predicted octanol–water partition coefficient (Wildman–Crippen LogP) is 4.36. The molecule has 0 saturated heterocycles. The Kier molecular flexibility index (Phi) is 4.26. The van der Waals surface area contributed by atoms with Crippen LogP contribution in [0.5, 0.6) is 0 Å². The second-order valence-corrected chi connectivity index (χ2v) is 5.26. The van der Waals surface area contributed by atoms with Crippen molar-refractivity contribution in [2.45, 2.75) is 45.5 Å². The van der Waals surface area contributed by atoms with Crippen molar-refractivity contribution >= 4 is 17.3 Å². The first kappa shape index (κ1) is 13.4. The number of halogens is 1. The highest BCUT2D eigenvalue weighted by Crippen LogP contribution is 2.29. The van der Waals surface area contributed by atoms with E-state index in [1.54, 1.807) is 0 Å². The average molecular weight is 240 g/mol. The van der Waals surface area contributed by atoms with Crippen molar-refractivity contribution in [3.05, 3.63) is 29.3 Å². The van der Waals surface area contributed by atoms with Gasteiger partial charge in [0.1, 0.15) is 0 Å². The molecule has 0 aromatic heterocycles. The monoisotopic (exact) mass is 239 g/mol. The van der Waals surface area contributed by atoms with E-state index in [4.69, 9.17) is 11.6 Å². The lowest BCUT2D eigenvalue weighted by Gasteiger charge is -2.38. The zero-order valence-corrected chi connectivity index (χ0v) is 11.7. The molecule has 0 radical (unpaired) electrons. The van der Waals surface area contributed by atoms with Gasteiger partial charge in [-0.15, -0.1) is 11.6 Å². The smallest absolute Gasteiger partial charge is 0.0494 e. The maximum atomic E-state index is 6.01. The molecule has 1 aromatic carbocycles. The van der Waals surface area contributed by atoms with E-state index in [1.165, 1.54) is 16.8 Å². The maximum Gasteiger partial charge on any atom is 0.0494 e. The van der Waals surface area contributed by atoms with Crippen LogP contribution in [0.3, 0.4) is 0 Å². The zero-order chi connectivity index (χ0) is 12.3. The van der Waals surface area contributed by atoms with E-state index in [0.29, 0.717) is 5.88 Å². The molecule has 0 aliphatic carbocycles. The Morgan fingerprint density at radius 2 is 1.94 bits per heavy atom. The first-order valence-electron chi connectivity index (χ1n) is 5.81. The van der Waals surface area contributed by atoms with Crippen LogP contribution in [0.25, 0.3) is 0 Å². The van der Waals surface area contributed by atoms with Crippen LogP contribution in [0.1, 0.15) is 38.3 Å². The SMILES string of the molecule is CCC(C)(C)N(C)c1ccc(C)cc1CCl. The van der Waals surface area contributed by atoms with Gasteiger partial charge >= 0.3 is 0 Å². The highest BCUT2D eigenvalue weighted by molar-refractivity contribution is 6.17. The lowest BCUT2D eigenvalue weighted by Crippen LogP contribution is -2.41. The summed E-state index contributed by atoms with van der Waals surface area (Å²) < 4.78 is 0. The van der Waals surface area contributed by atoms with Crippen molar-refractivity contribution in [1.82, 2.24) is 0 Å². The molecule has 0 bridgehead atoms. The number of aryl methyl sites for hydroxylation is 1. The number of anilines is 1. The van der Waals surface area contributed by atoms with E-state index in [2.05, 4.69) is 57.8 Å². The highest BCUT2D eigenvalue weighted by Gasteiger charge is 2.22. The van der Waals surface area contributed by atoms with Gasteiger partial charge in [-0.05, 0) is 38.8 Å². The first-order valence-corrected chi connectivity index (χ1v) is 6.35. The van der Waals surface area contributed by atoms with Gasteiger partial charge in [0.15, 0.2) is 0 Å². The van der Waals surface area contributed by atoms with Crippen LogP contribution in [-0.2, 0) is 5.88 Å². The summed E-state index contributed by atoms with van der Waals surface area (Å²) in [5, 5.41) is 0. The Bertz CT molecular complexity index is 358. The topological polar surface area (TPSA) is 3.24 Å². The summed E-state index contributed by atoms with van der Waals surface area (Å²) in [6, 6.07) is 6.49. The molecular weight excluding hydrogens is 218 g/mol. The predicted molar refractivity (Wildman–Crippen MR) is 73.5 cm³/mol. The second kappa shape index (κ2) is 5.09. The molecule has 16 heavy (non-hydrogen) atoms. The van der Waals surface area contributed by atoms with Gasteiger partial charge in [0, 0.05) is 24.2 Å². The van der Waals surface area contributed by atoms with Crippen molar-refractivity contribution in [2.75, 3.05) is 11.9 Å². The Labute approximate surface area is 104 Å². The van der Waals surface area contributed by atoms with Crippen LogP contribution in [0.4, 0.5) is 5.69 Å². The van der Waals surface area contributed by atoms with Crippen LogP contribution >= 0.6 is 11.6 Å². The molecule has 1 aromatic rings. The minimum Gasteiger partial charge on any atom is -0.369 e. The Balaban J connectivity index is 3.13. The largest absolute Gasteiger partial charge is 0.369 e. The molecule has 0 heterocycles. The molecule has 1 rings (SSSR count). The van der Waals surface area contributed by atoms with Crippen molar-refractivity contribution < 1.29 is 0 Å². The fourth-order valence-electron chi connectivity index (χ4n) is 1.71. The number of hydrogen-bond donors (Lipinski definition) is 0. The quantitative estimate of drug-likeness (QED) is 0.706. The number of alkyl halides is 1. The van der Waals surface area contributed by atoms with Gasteiger partial charge in [-0.25, -0.2) is 0 Å². The molecule has 1 nitrogen and oxygen atoms in total. The van der Waals surface area contributed by atoms with E-state index in [9.17, 15) is 0 Å². The normalized spacial score (nSPS) is 11.6. The summed E-state index contributed by atoms with van der Waals surface area (Å²) in [7, 11) is 2.14. The molecule has 0 fully saturated rings. The average Bonchev–Trinajstić information content (AvgIpc) is 2.27. The van der Waals surface area contributed by atoms with Gasteiger partial charge < -0.3 is 4.90 Å². The summed E-state index contributed by atoms with van der Waals surface area (Å²) in [5.41, 5.74) is 3.89. The maximum absolute atomic E-state index is 6.01. The molecule has 90 valence electrons. The van der Waals surface area contributed by atoms with Crippen LogP contribution in [0.2, 0.25) is 0 Å². The van der Waals surface area contributed by atoms with Crippen LogP contribution < -0.4 is 4.90 Å². The second-order valence-electron chi connectivity index (χ2n) is 4.99. The molecule has 0 spiro atoms. The summed E-state index contributed by atoms with van der Waals surface area (Å²) in [4.78, 5) is 2.32. The molecule has 0 atom stereocenters. The summed E-state index contributed by atoms with van der Waals surface area (Å²) >= 11 is 6.01. The molecular formula is C14H22ClN. The van der Waals surface area contributed by atoms with Crippen molar-refractivity contribution in [1.29, 1.82) is 0 Å². The Hall–Kier alpha value is -0.690. The van der Waals surface area contributed by atoms with Gasteiger partial charge in [0.25, 0.3) is 0 Å². The number of rotatable bonds is 4. The summed E-state index contributed by atoms with van der Waals surface area (Å²) in [6.07, 6.45) is 1.11. The lowest BCUT2D eigenvalue weighted by molar-refractivity contribution is 0.470. The van der Waals surface area contributed by atoms with E-state index >= 15 is 0 Å². The van der Waals surface area contributed by atoms with Crippen molar-refractivity contribution in [2.24, 2.45) is 0 Å². The van der Waals surface area contributed by atoms with Crippen LogP contribution in [0.15, 0.2) is 18.2 Å². The van der Waals surface area contributed by atoms with Gasteiger partial charge in [0.05, 0.1) is 0 Å². The zero-order valence-electron chi connectivity index (χ0n) is 11.0. The van der Waals surface area contributed by atoms with Crippen molar-refractivity contribution in [3.8, 4) is 0 Å². The van der Waals surface area contributed by atoms with E-state index in [1.807, 2.05) is 0 Å². The molecule has 0 amide bonds. The highest BCUT2D eigenvalue weighted by atomic mass is 35.5.